The fourth-order valence-corrected chi connectivity index (χ4v) is 2.35. The molecule has 1 aromatic carbocycles. The van der Waals surface area contributed by atoms with E-state index in [0.29, 0.717) is 18.0 Å². The first kappa shape index (κ1) is 16.8. The zero-order valence-electron chi connectivity index (χ0n) is 13.3. The Morgan fingerprint density at radius 3 is 2.52 bits per heavy atom. The summed E-state index contributed by atoms with van der Waals surface area (Å²) < 4.78 is 11.1. The first-order valence-corrected chi connectivity index (χ1v) is 7.83. The highest BCUT2D eigenvalue weighted by molar-refractivity contribution is 6.02. The number of benzene rings is 1. The molecule has 0 aliphatic carbocycles. The normalized spacial score (nSPS) is 16.4. The van der Waals surface area contributed by atoms with Crippen molar-refractivity contribution in [3.8, 4) is 5.75 Å². The Morgan fingerprint density at radius 2 is 1.92 bits per heavy atom. The van der Waals surface area contributed by atoms with Crippen LogP contribution in [0.25, 0.3) is 0 Å². The molecule has 1 unspecified atom stereocenters. The van der Waals surface area contributed by atoms with E-state index in [2.05, 4.69) is 15.3 Å². The fourth-order valence-electron chi connectivity index (χ4n) is 2.35. The summed E-state index contributed by atoms with van der Waals surface area (Å²) in [6.07, 6.45) is 4.38. The van der Waals surface area contributed by atoms with E-state index in [1.807, 2.05) is 0 Å². The smallest absolute Gasteiger partial charge is 0.356 e. The quantitative estimate of drug-likeness (QED) is 0.825. The average Bonchev–Trinajstić information content (AvgIpc) is 3.15. The zero-order chi connectivity index (χ0) is 17.6. The second-order valence-corrected chi connectivity index (χ2v) is 5.52. The third-order valence-electron chi connectivity index (χ3n) is 3.68. The van der Waals surface area contributed by atoms with Crippen molar-refractivity contribution in [1.82, 2.24) is 9.97 Å². The zero-order valence-corrected chi connectivity index (χ0v) is 13.3. The van der Waals surface area contributed by atoms with Crippen molar-refractivity contribution < 1.29 is 24.2 Å². The number of aromatic carboxylic acids is 1. The summed E-state index contributed by atoms with van der Waals surface area (Å²) in [5, 5.41) is 11.4. The van der Waals surface area contributed by atoms with Crippen LogP contribution in [0.2, 0.25) is 0 Å². The Bertz CT molecular complexity index is 740. The van der Waals surface area contributed by atoms with Crippen molar-refractivity contribution in [2.75, 3.05) is 18.5 Å². The molecule has 3 rings (SSSR count). The molecule has 1 fully saturated rings. The minimum atomic E-state index is -1.20. The third kappa shape index (κ3) is 4.51. The molecule has 1 atom stereocenters. The van der Waals surface area contributed by atoms with Crippen molar-refractivity contribution in [1.29, 1.82) is 0 Å². The molecule has 1 aliphatic heterocycles. The van der Waals surface area contributed by atoms with Gasteiger partial charge in [-0.2, -0.15) is 0 Å². The SMILES string of the molecule is O=C(O)c1cnc(C(=O)Nc2ccc(OCC3CCCO3)cc2)cn1. The summed E-state index contributed by atoms with van der Waals surface area (Å²) in [6, 6.07) is 6.93. The van der Waals surface area contributed by atoms with Crippen LogP contribution in [0.4, 0.5) is 5.69 Å². The molecule has 0 radical (unpaired) electrons. The molecule has 1 amide bonds. The Balaban J connectivity index is 1.54. The number of ether oxygens (including phenoxy) is 2. The van der Waals surface area contributed by atoms with Gasteiger partial charge >= 0.3 is 5.97 Å². The Hall–Kier alpha value is -3.00. The lowest BCUT2D eigenvalue weighted by atomic mass is 10.2. The van der Waals surface area contributed by atoms with Gasteiger partial charge in [0.2, 0.25) is 0 Å². The Morgan fingerprint density at radius 1 is 1.20 bits per heavy atom. The van der Waals surface area contributed by atoms with Gasteiger partial charge in [-0.25, -0.2) is 14.8 Å². The van der Waals surface area contributed by atoms with Crippen LogP contribution in [0.5, 0.6) is 5.75 Å². The molecule has 8 heteroatoms. The third-order valence-corrected chi connectivity index (χ3v) is 3.68. The van der Waals surface area contributed by atoms with Gasteiger partial charge < -0.3 is 19.9 Å². The van der Waals surface area contributed by atoms with Crippen molar-refractivity contribution >= 4 is 17.6 Å². The van der Waals surface area contributed by atoms with Gasteiger partial charge in [-0.05, 0) is 37.1 Å². The van der Waals surface area contributed by atoms with Gasteiger partial charge in [0.25, 0.3) is 5.91 Å². The van der Waals surface area contributed by atoms with Crippen molar-refractivity contribution in [3.63, 3.8) is 0 Å². The lowest BCUT2D eigenvalue weighted by Gasteiger charge is -2.12. The fraction of sp³-hybridized carbons (Fsp3) is 0.294. The molecule has 2 aromatic rings. The van der Waals surface area contributed by atoms with E-state index >= 15 is 0 Å². The van der Waals surface area contributed by atoms with Crippen LogP contribution in [0.1, 0.15) is 33.8 Å². The molecule has 1 aromatic heterocycles. The van der Waals surface area contributed by atoms with Crippen LogP contribution in [0, 0.1) is 0 Å². The van der Waals surface area contributed by atoms with Gasteiger partial charge in [-0.15, -0.1) is 0 Å². The molecule has 130 valence electrons. The highest BCUT2D eigenvalue weighted by Crippen LogP contribution is 2.18. The standard InChI is InChI=1S/C17H17N3O5/c21-16(14-8-19-15(9-18-14)17(22)23)20-11-3-5-12(6-4-11)25-10-13-2-1-7-24-13/h3-6,8-9,13H,1-2,7,10H2,(H,20,21)(H,22,23). The minimum absolute atomic E-state index is 0.0312. The first-order valence-electron chi connectivity index (χ1n) is 7.83. The molecular weight excluding hydrogens is 326 g/mol. The van der Waals surface area contributed by atoms with E-state index in [4.69, 9.17) is 14.6 Å². The van der Waals surface area contributed by atoms with Crippen LogP contribution < -0.4 is 10.1 Å². The van der Waals surface area contributed by atoms with Gasteiger partial charge in [-0.1, -0.05) is 0 Å². The second-order valence-electron chi connectivity index (χ2n) is 5.52. The maximum absolute atomic E-state index is 12.1. The van der Waals surface area contributed by atoms with Crippen molar-refractivity contribution in [2.24, 2.45) is 0 Å². The number of hydrogen-bond acceptors (Lipinski definition) is 6. The predicted molar refractivity (Wildman–Crippen MR) is 87.9 cm³/mol. The monoisotopic (exact) mass is 343 g/mol. The van der Waals surface area contributed by atoms with E-state index in [-0.39, 0.29) is 17.5 Å². The van der Waals surface area contributed by atoms with Crippen LogP contribution in [0.15, 0.2) is 36.7 Å². The number of rotatable bonds is 6. The number of hydrogen-bond donors (Lipinski definition) is 2. The van der Waals surface area contributed by atoms with Crippen LogP contribution in [0.3, 0.4) is 0 Å². The average molecular weight is 343 g/mol. The molecule has 2 heterocycles. The number of aromatic nitrogens is 2. The highest BCUT2D eigenvalue weighted by Gasteiger charge is 2.16. The topological polar surface area (TPSA) is 111 Å². The number of amides is 1. The summed E-state index contributed by atoms with van der Waals surface area (Å²) in [5.74, 6) is -0.977. The molecule has 1 aliphatic rings. The summed E-state index contributed by atoms with van der Waals surface area (Å²) in [7, 11) is 0. The van der Waals surface area contributed by atoms with Crippen molar-refractivity contribution in [2.45, 2.75) is 18.9 Å². The molecule has 0 spiro atoms. The predicted octanol–water partition coefficient (Wildman–Crippen LogP) is 1.98. The van der Waals surface area contributed by atoms with Gasteiger partial charge in [0.15, 0.2) is 5.69 Å². The molecule has 0 saturated carbocycles. The highest BCUT2D eigenvalue weighted by atomic mass is 16.5. The summed E-state index contributed by atoms with van der Waals surface area (Å²) in [5.41, 5.74) is 0.381. The van der Waals surface area contributed by atoms with E-state index in [0.717, 1.165) is 31.8 Å². The largest absolute Gasteiger partial charge is 0.491 e. The number of nitrogens with zero attached hydrogens (tertiary/aromatic N) is 2. The minimum Gasteiger partial charge on any atom is -0.491 e. The first-order chi connectivity index (χ1) is 12.1. The second kappa shape index (κ2) is 7.71. The Labute approximate surface area is 143 Å². The maximum Gasteiger partial charge on any atom is 0.356 e. The molecule has 8 nitrogen and oxygen atoms in total. The molecular formula is C17H17N3O5. The molecule has 0 bridgehead atoms. The number of anilines is 1. The van der Waals surface area contributed by atoms with Crippen LogP contribution in [-0.2, 0) is 4.74 Å². The van der Waals surface area contributed by atoms with Gasteiger partial charge in [-0.3, -0.25) is 4.79 Å². The summed E-state index contributed by atoms with van der Waals surface area (Å²) in [4.78, 5) is 30.2. The number of carboxylic acids is 1. The lowest BCUT2D eigenvalue weighted by molar-refractivity contribution is 0.0679. The number of carbonyl (C=O) groups excluding carboxylic acids is 1. The molecule has 2 N–H and O–H groups in total. The van der Waals surface area contributed by atoms with E-state index in [1.54, 1.807) is 24.3 Å². The number of carboxylic acid groups (broad SMARTS) is 1. The van der Waals surface area contributed by atoms with Crippen LogP contribution in [-0.4, -0.2) is 46.3 Å². The lowest BCUT2D eigenvalue weighted by Crippen LogP contribution is -2.16. The van der Waals surface area contributed by atoms with Gasteiger partial charge in [0.05, 0.1) is 18.5 Å². The van der Waals surface area contributed by atoms with Crippen LogP contribution >= 0.6 is 0 Å². The summed E-state index contributed by atoms with van der Waals surface area (Å²) >= 11 is 0. The molecule has 1 saturated heterocycles. The van der Waals surface area contributed by atoms with E-state index < -0.39 is 11.9 Å². The number of nitrogens with one attached hydrogen (secondary N) is 1. The van der Waals surface area contributed by atoms with E-state index in [9.17, 15) is 9.59 Å². The maximum atomic E-state index is 12.1. The van der Waals surface area contributed by atoms with E-state index in [1.165, 1.54) is 0 Å². The number of carbonyl (C=O) groups is 2. The van der Waals surface area contributed by atoms with Gasteiger partial charge in [0, 0.05) is 12.3 Å². The van der Waals surface area contributed by atoms with Gasteiger partial charge in [0.1, 0.15) is 18.1 Å². The molecule has 25 heavy (non-hydrogen) atoms. The Kier molecular flexibility index (Phi) is 5.20. The van der Waals surface area contributed by atoms with Crippen molar-refractivity contribution in [3.05, 3.63) is 48.0 Å². The summed E-state index contributed by atoms with van der Waals surface area (Å²) in [6.45, 7) is 1.30.